The van der Waals surface area contributed by atoms with E-state index in [9.17, 15) is 19.5 Å². The van der Waals surface area contributed by atoms with Crippen LogP contribution in [0.15, 0.2) is 48.5 Å². The highest BCUT2D eigenvalue weighted by Gasteiger charge is 2.35. The molecule has 2 N–H and O–H groups in total. The number of ether oxygens (including phenoxy) is 1. The SMILES string of the molecule is CSCC[C@@H](NC(=O)OCC1c2ccccc2-c2ccccc21)C(=O)N1CCC[C@@H]1CC(=O)O. The Labute approximate surface area is 203 Å². The minimum atomic E-state index is -0.921. The van der Waals surface area contributed by atoms with Crippen molar-refractivity contribution in [1.82, 2.24) is 10.2 Å². The van der Waals surface area contributed by atoms with Crippen LogP contribution < -0.4 is 5.32 Å². The first kappa shape index (κ1) is 24.1. The summed E-state index contributed by atoms with van der Waals surface area (Å²) in [6, 6.07) is 15.2. The van der Waals surface area contributed by atoms with Crippen molar-refractivity contribution >= 4 is 29.7 Å². The third kappa shape index (κ3) is 5.22. The number of fused-ring (bicyclic) bond motifs is 3. The van der Waals surface area contributed by atoms with Crippen LogP contribution >= 0.6 is 11.8 Å². The van der Waals surface area contributed by atoms with E-state index in [1.165, 1.54) is 0 Å². The Morgan fingerprint density at radius 1 is 1.12 bits per heavy atom. The molecule has 0 saturated carbocycles. The summed E-state index contributed by atoms with van der Waals surface area (Å²) in [5.41, 5.74) is 4.55. The maximum absolute atomic E-state index is 13.2. The van der Waals surface area contributed by atoms with Crippen LogP contribution in [0.1, 0.15) is 42.7 Å². The molecule has 0 radical (unpaired) electrons. The number of carbonyl (C=O) groups is 3. The topological polar surface area (TPSA) is 95.9 Å². The molecule has 2 aliphatic rings. The van der Waals surface area contributed by atoms with Gasteiger partial charge in [0.05, 0.1) is 6.42 Å². The van der Waals surface area contributed by atoms with Crippen LogP contribution in [0.25, 0.3) is 11.1 Å². The van der Waals surface area contributed by atoms with Crippen molar-refractivity contribution in [2.45, 2.75) is 43.7 Å². The largest absolute Gasteiger partial charge is 0.481 e. The maximum Gasteiger partial charge on any atom is 0.407 e. The van der Waals surface area contributed by atoms with E-state index in [0.29, 0.717) is 25.1 Å². The Morgan fingerprint density at radius 3 is 2.38 bits per heavy atom. The second kappa shape index (κ2) is 11.0. The minimum Gasteiger partial charge on any atom is -0.481 e. The van der Waals surface area contributed by atoms with Gasteiger partial charge in [0.25, 0.3) is 0 Å². The van der Waals surface area contributed by atoms with E-state index < -0.39 is 18.1 Å². The Balaban J connectivity index is 1.42. The molecule has 1 aliphatic heterocycles. The van der Waals surface area contributed by atoms with Gasteiger partial charge in [0.2, 0.25) is 5.91 Å². The lowest BCUT2D eigenvalue weighted by atomic mass is 9.98. The molecule has 2 aromatic rings. The number of nitrogens with one attached hydrogen (secondary N) is 1. The van der Waals surface area contributed by atoms with Crippen LogP contribution in [0.5, 0.6) is 0 Å². The van der Waals surface area contributed by atoms with Crippen LogP contribution in [-0.4, -0.2) is 65.2 Å². The maximum atomic E-state index is 13.2. The molecule has 8 heteroatoms. The van der Waals surface area contributed by atoms with Gasteiger partial charge in [-0.2, -0.15) is 11.8 Å². The van der Waals surface area contributed by atoms with Gasteiger partial charge in [-0.3, -0.25) is 9.59 Å². The van der Waals surface area contributed by atoms with E-state index in [4.69, 9.17) is 4.74 Å². The second-order valence-corrected chi connectivity index (χ2v) is 9.72. The lowest BCUT2D eigenvalue weighted by Gasteiger charge is -2.28. The summed E-state index contributed by atoms with van der Waals surface area (Å²) >= 11 is 1.59. The highest BCUT2D eigenvalue weighted by molar-refractivity contribution is 7.98. The third-order valence-corrected chi connectivity index (χ3v) is 7.26. The fourth-order valence-electron chi connectivity index (χ4n) is 5.02. The molecule has 0 aromatic heterocycles. The van der Waals surface area contributed by atoms with Gasteiger partial charge in [-0.1, -0.05) is 48.5 Å². The van der Waals surface area contributed by atoms with Gasteiger partial charge in [0, 0.05) is 18.5 Å². The number of hydrogen-bond acceptors (Lipinski definition) is 5. The number of aliphatic carboxylic acids is 1. The van der Waals surface area contributed by atoms with Gasteiger partial charge in [-0.25, -0.2) is 4.79 Å². The number of rotatable bonds is 9. The van der Waals surface area contributed by atoms with Crippen molar-refractivity contribution in [1.29, 1.82) is 0 Å². The Hall–Kier alpha value is -3.00. The summed E-state index contributed by atoms with van der Waals surface area (Å²) in [7, 11) is 0. The van der Waals surface area contributed by atoms with Gasteiger partial charge >= 0.3 is 12.1 Å². The minimum absolute atomic E-state index is 0.0583. The number of carboxylic acids is 1. The molecule has 2 atom stereocenters. The number of carboxylic acid groups (broad SMARTS) is 1. The molecule has 0 unspecified atom stereocenters. The number of alkyl carbamates (subject to hydrolysis) is 1. The Bertz CT molecular complexity index is 1010. The molecular weight excluding hydrogens is 452 g/mol. The lowest BCUT2D eigenvalue weighted by Crippen LogP contribution is -2.50. The summed E-state index contributed by atoms with van der Waals surface area (Å²) in [4.78, 5) is 38.8. The van der Waals surface area contributed by atoms with Crippen LogP contribution in [0.3, 0.4) is 0 Å². The van der Waals surface area contributed by atoms with Crippen molar-refractivity contribution in [2.75, 3.05) is 25.2 Å². The van der Waals surface area contributed by atoms with E-state index in [0.717, 1.165) is 28.7 Å². The van der Waals surface area contributed by atoms with E-state index in [2.05, 4.69) is 29.6 Å². The summed E-state index contributed by atoms with van der Waals surface area (Å²) in [6.45, 7) is 0.688. The molecule has 1 heterocycles. The van der Waals surface area contributed by atoms with Crippen molar-refractivity contribution in [2.24, 2.45) is 0 Å². The quantitative estimate of drug-likeness (QED) is 0.558. The first-order valence-electron chi connectivity index (χ1n) is 11.6. The smallest absolute Gasteiger partial charge is 0.407 e. The van der Waals surface area contributed by atoms with Gasteiger partial charge in [0.15, 0.2) is 0 Å². The van der Waals surface area contributed by atoms with Crippen molar-refractivity contribution < 1.29 is 24.2 Å². The molecule has 7 nitrogen and oxygen atoms in total. The molecule has 180 valence electrons. The van der Waals surface area contributed by atoms with Crippen molar-refractivity contribution in [3.63, 3.8) is 0 Å². The van der Waals surface area contributed by atoms with E-state index in [-0.39, 0.29) is 30.9 Å². The molecule has 2 aromatic carbocycles. The normalized spacial score (nSPS) is 17.7. The fraction of sp³-hybridized carbons (Fsp3) is 0.423. The number of nitrogens with zero attached hydrogens (tertiary/aromatic N) is 1. The molecule has 34 heavy (non-hydrogen) atoms. The molecule has 1 fully saturated rings. The monoisotopic (exact) mass is 482 g/mol. The van der Waals surface area contributed by atoms with Gasteiger partial charge in [-0.15, -0.1) is 0 Å². The van der Waals surface area contributed by atoms with Gasteiger partial charge < -0.3 is 20.1 Å². The number of amides is 2. The highest BCUT2D eigenvalue weighted by atomic mass is 32.2. The van der Waals surface area contributed by atoms with Crippen LogP contribution in [0.4, 0.5) is 4.79 Å². The van der Waals surface area contributed by atoms with E-state index in [1.54, 1.807) is 16.7 Å². The number of hydrogen-bond donors (Lipinski definition) is 2. The molecule has 1 saturated heterocycles. The standard InChI is InChI=1S/C26H30N2O5S/c1-34-14-12-23(25(31)28-13-6-7-17(28)15-24(29)30)27-26(32)33-16-22-20-10-4-2-8-18(20)19-9-3-5-11-21(19)22/h2-5,8-11,17,22-23H,6-7,12-16H2,1H3,(H,27,32)(H,29,30)/t17-,23-/m1/s1. The summed E-state index contributed by atoms with van der Waals surface area (Å²) in [5, 5.41) is 11.9. The summed E-state index contributed by atoms with van der Waals surface area (Å²) in [6.07, 6.45) is 3.13. The number of thioether (sulfide) groups is 1. The van der Waals surface area contributed by atoms with E-state index >= 15 is 0 Å². The zero-order valence-corrected chi connectivity index (χ0v) is 20.1. The van der Waals surface area contributed by atoms with Crippen molar-refractivity contribution in [3.05, 3.63) is 59.7 Å². The number of benzene rings is 2. The molecule has 0 spiro atoms. The average molecular weight is 483 g/mol. The Morgan fingerprint density at radius 2 is 1.76 bits per heavy atom. The van der Waals surface area contributed by atoms with Crippen LogP contribution in [0.2, 0.25) is 0 Å². The number of likely N-dealkylation sites (tertiary alicyclic amines) is 1. The first-order valence-corrected chi connectivity index (χ1v) is 13.0. The fourth-order valence-corrected chi connectivity index (χ4v) is 5.49. The predicted molar refractivity (Wildman–Crippen MR) is 132 cm³/mol. The molecule has 1 aliphatic carbocycles. The number of carbonyl (C=O) groups excluding carboxylic acids is 2. The molecule has 4 rings (SSSR count). The van der Waals surface area contributed by atoms with Gasteiger partial charge in [0.1, 0.15) is 12.6 Å². The molecule has 0 bridgehead atoms. The molecule has 2 amide bonds. The average Bonchev–Trinajstić information content (AvgIpc) is 3.42. The zero-order chi connectivity index (χ0) is 24.1. The second-order valence-electron chi connectivity index (χ2n) is 8.73. The van der Waals surface area contributed by atoms with Crippen LogP contribution in [0, 0.1) is 0 Å². The summed E-state index contributed by atoms with van der Waals surface area (Å²) < 4.78 is 5.63. The Kier molecular flexibility index (Phi) is 7.77. The lowest BCUT2D eigenvalue weighted by molar-refractivity contribution is -0.140. The van der Waals surface area contributed by atoms with E-state index in [1.807, 2.05) is 30.5 Å². The van der Waals surface area contributed by atoms with Crippen LogP contribution in [-0.2, 0) is 14.3 Å². The third-order valence-electron chi connectivity index (χ3n) is 6.61. The zero-order valence-electron chi connectivity index (χ0n) is 19.2. The highest BCUT2D eigenvalue weighted by Crippen LogP contribution is 2.44. The summed E-state index contributed by atoms with van der Waals surface area (Å²) in [5.74, 6) is -0.518. The van der Waals surface area contributed by atoms with Gasteiger partial charge in [-0.05, 0) is 53.5 Å². The first-order chi connectivity index (χ1) is 16.5. The van der Waals surface area contributed by atoms with Crippen molar-refractivity contribution in [3.8, 4) is 11.1 Å². The molecular formula is C26H30N2O5S. The predicted octanol–water partition coefficient (Wildman–Crippen LogP) is 4.11.